The number of imide groups is 1. The molecule has 2 aliphatic heterocycles. The molecular weight excluding hydrogens is 372 g/mol. The molecule has 2 heterocycles. The topological polar surface area (TPSA) is 107 Å². The second kappa shape index (κ2) is 8.02. The third-order valence-electron chi connectivity index (χ3n) is 5.90. The van der Waals surface area contributed by atoms with Crippen LogP contribution in [0.1, 0.15) is 32.3 Å². The number of likely N-dealkylation sites (N-methyl/N-ethyl adjacent to an activating group) is 1. The highest BCUT2D eigenvalue weighted by molar-refractivity contribution is 6.07. The van der Waals surface area contributed by atoms with Gasteiger partial charge in [-0.3, -0.25) is 14.5 Å². The van der Waals surface area contributed by atoms with E-state index in [1.165, 1.54) is 11.9 Å². The summed E-state index contributed by atoms with van der Waals surface area (Å²) in [6.07, 6.45) is 1.22. The van der Waals surface area contributed by atoms with E-state index in [0.29, 0.717) is 38.9 Å². The smallest absolute Gasteiger partial charge is 0.327 e. The van der Waals surface area contributed by atoms with Gasteiger partial charge in [0.2, 0.25) is 5.91 Å². The zero-order chi connectivity index (χ0) is 21.3. The first-order valence-corrected chi connectivity index (χ1v) is 10.1. The van der Waals surface area contributed by atoms with E-state index in [0.717, 1.165) is 5.56 Å². The normalized spacial score (nSPS) is 20.1. The van der Waals surface area contributed by atoms with Gasteiger partial charge in [-0.25, -0.2) is 4.79 Å². The van der Waals surface area contributed by atoms with Crippen molar-refractivity contribution >= 4 is 17.8 Å². The van der Waals surface area contributed by atoms with Crippen molar-refractivity contribution in [1.82, 2.24) is 14.7 Å². The summed E-state index contributed by atoms with van der Waals surface area (Å²) in [5, 5.41) is 9.37. The first-order chi connectivity index (χ1) is 13.7. The molecule has 4 amide bonds. The molecule has 0 aliphatic carbocycles. The molecule has 158 valence electrons. The molecule has 0 bridgehead atoms. The molecule has 2 fully saturated rings. The van der Waals surface area contributed by atoms with Crippen LogP contribution in [0.5, 0.6) is 5.75 Å². The maximum Gasteiger partial charge on any atom is 0.327 e. The average molecular weight is 402 g/mol. The number of rotatable bonds is 5. The van der Waals surface area contributed by atoms with E-state index >= 15 is 0 Å². The monoisotopic (exact) mass is 402 g/mol. The molecule has 2 aliphatic rings. The van der Waals surface area contributed by atoms with E-state index in [-0.39, 0.29) is 29.5 Å². The second-order valence-electron chi connectivity index (χ2n) is 8.49. The molecule has 3 rings (SSSR count). The summed E-state index contributed by atoms with van der Waals surface area (Å²) in [4.78, 5) is 42.9. The molecule has 1 aromatic rings. The summed E-state index contributed by atoms with van der Waals surface area (Å²) in [5.74, 6) is 0.0762. The fourth-order valence-corrected chi connectivity index (χ4v) is 4.29. The number of phenols is 1. The van der Waals surface area contributed by atoms with Gasteiger partial charge in [-0.2, -0.15) is 0 Å². The molecule has 1 spiro atoms. The largest absolute Gasteiger partial charge is 0.508 e. The molecule has 8 heteroatoms. The number of carbonyl (C=O) groups is 3. The first kappa shape index (κ1) is 21.1. The number of urea groups is 1. The Morgan fingerprint density at radius 3 is 2.31 bits per heavy atom. The van der Waals surface area contributed by atoms with Crippen LogP contribution < -0.4 is 5.73 Å². The van der Waals surface area contributed by atoms with Crippen LogP contribution in [-0.2, 0) is 16.0 Å². The maximum absolute atomic E-state index is 12.9. The molecule has 0 aromatic heterocycles. The van der Waals surface area contributed by atoms with E-state index in [2.05, 4.69) is 0 Å². The molecule has 0 saturated carbocycles. The molecule has 29 heavy (non-hydrogen) atoms. The molecule has 8 nitrogen and oxygen atoms in total. The summed E-state index contributed by atoms with van der Waals surface area (Å²) in [5.41, 5.74) is 6.15. The number of amides is 4. The van der Waals surface area contributed by atoms with Crippen LogP contribution in [0.2, 0.25) is 0 Å². The van der Waals surface area contributed by atoms with Crippen LogP contribution >= 0.6 is 0 Å². The lowest BCUT2D eigenvalue weighted by atomic mass is 9.85. The van der Waals surface area contributed by atoms with Gasteiger partial charge in [0.1, 0.15) is 11.3 Å². The minimum atomic E-state index is -0.853. The van der Waals surface area contributed by atoms with Crippen molar-refractivity contribution in [1.29, 1.82) is 0 Å². The quantitative estimate of drug-likeness (QED) is 0.719. The van der Waals surface area contributed by atoms with Gasteiger partial charge >= 0.3 is 6.03 Å². The lowest BCUT2D eigenvalue weighted by Gasteiger charge is -2.43. The van der Waals surface area contributed by atoms with Crippen LogP contribution in [0.15, 0.2) is 24.3 Å². The van der Waals surface area contributed by atoms with E-state index < -0.39 is 11.6 Å². The Hall–Kier alpha value is -2.61. The van der Waals surface area contributed by atoms with Crippen LogP contribution in [0.3, 0.4) is 0 Å². The van der Waals surface area contributed by atoms with Gasteiger partial charge in [-0.1, -0.05) is 26.0 Å². The Balaban J connectivity index is 1.66. The number of phenolic OH excluding ortho intramolecular Hbond substituents is 1. The Kier molecular flexibility index (Phi) is 5.84. The number of benzene rings is 1. The minimum Gasteiger partial charge on any atom is -0.508 e. The highest BCUT2D eigenvalue weighted by atomic mass is 16.3. The standard InChI is InChI=1S/C21H30N4O4/c1-14(2)13-25-20(29)23(3)19(28)21(25)8-10-24(11-9-21)18(27)17(22)12-15-4-6-16(26)7-5-15/h4-7,14,17,26H,8-13,22H2,1-3H3/t17-/m0/s1. The Bertz CT molecular complexity index is 784. The van der Waals surface area contributed by atoms with Crippen molar-refractivity contribution in [3.8, 4) is 5.75 Å². The van der Waals surface area contributed by atoms with Crippen LogP contribution in [0.4, 0.5) is 4.79 Å². The van der Waals surface area contributed by atoms with Crippen LogP contribution in [0.25, 0.3) is 0 Å². The van der Waals surface area contributed by atoms with E-state index in [1.54, 1.807) is 34.1 Å². The number of likely N-dealkylation sites (tertiary alicyclic amines) is 1. The zero-order valence-electron chi connectivity index (χ0n) is 17.3. The van der Waals surface area contributed by atoms with E-state index in [9.17, 15) is 19.5 Å². The van der Waals surface area contributed by atoms with E-state index in [4.69, 9.17) is 5.73 Å². The summed E-state index contributed by atoms with van der Waals surface area (Å²) >= 11 is 0. The summed E-state index contributed by atoms with van der Waals surface area (Å²) in [7, 11) is 1.53. The van der Waals surface area contributed by atoms with Crippen molar-refractivity contribution in [2.45, 2.75) is 44.7 Å². The Labute approximate surface area is 171 Å². The fourth-order valence-electron chi connectivity index (χ4n) is 4.29. The van der Waals surface area contributed by atoms with Gasteiger partial charge in [-0.15, -0.1) is 0 Å². The Morgan fingerprint density at radius 1 is 1.17 bits per heavy atom. The van der Waals surface area contributed by atoms with Crippen molar-refractivity contribution in [3.63, 3.8) is 0 Å². The number of hydrogen-bond acceptors (Lipinski definition) is 5. The third kappa shape index (κ3) is 3.94. The molecule has 0 radical (unpaired) electrons. The first-order valence-electron chi connectivity index (χ1n) is 10.1. The molecule has 3 N–H and O–H groups in total. The van der Waals surface area contributed by atoms with Gasteiger partial charge in [0.15, 0.2) is 0 Å². The molecule has 2 saturated heterocycles. The minimum absolute atomic E-state index is 0.159. The summed E-state index contributed by atoms with van der Waals surface area (Å²) < 4.78 is 0. The third-order valence-corrected chi connectivity index (χ3v) is 5.90. The number of carbonyl (C=O) groups excluding carboxylic acids is 3. The molecular formula is C21H30N4O4. The lowest BCUT2D eigenvalue weighted by Crippen LogP contribution is -2.59. The van der Waals surface area contributed by atoms with Crippen molar-refractivity contribution < 1.29 is 19.5 Å². The molecule has 1 aromatic carbocycles. The van der Waals surface area contributed by atoms with Gasteiger partial charge in [0.05, 0.1) is 6.04 Å². The predicted molar refractivity (Wildman–Crippen MR) is 108 cm³/mol. The fraction of sp³-hybridized carbons (Fsp3) is 0.571. The highest BCUT2D eigenvalue weighted by Gasteiger charge is 2.57. The predicted octanol–water partition coefficient (Wildman–Crippen LogP) is 1.17. The number of nitrogens with two attached hydrogens (primary N) is 1. The van der Waals surface area contributed by atoms with Crippen LogP contribution in [-0.4, -0.2) is 75.9 Å². The van der Waals surface area contributed by atoms with Gasteiger partial charge in [0.25, 0.3) is 5.91 Å². The average Bonchev–Trinajstić information content (AvgIpc) is 2.86. The zero-order valence-corrected chi connectivity index (χ0v) is 17.3. The van der Waals surface area contributed by atoms with Gasteiger partial charge in [-0.05, 0) is 42.9 Å². The SMILES string of the molecule is CC(C)CN1C(=O)N(C)C(=O)C12CCN(C(=O)[C@@H](N)Cc1ccc(O)cc1)CC2. The summed E-state index contributed by atoms with van der Waals surface area (Å²) in [6, 6.07) is 5.68. The maximum atomic E-state index is 12.9. The summed E-state index contributed by atoms with van der Waals surface area (Å²) in [6.45, 7) is 5.34. The van der Waals surface area contributed by atoms with Crippen molar-refractivity contribution in [2.24, 2.45) is 11.7 Å². The van der Waals surface area contributed by atoms with Crippen molar-refractivity contribution in [2.75, 3.05) is 26.7 Å². The van der Waals surface area contributed by atoms with Crippen LogP contribution in [0, 0.1) is 5.92 Å². The molecule has 0 unspecified atom stereocenters. The van der Waals surface area contributed by atoms with E-state index in [1.807, 2.05) is 13.8 Å². The highest BCUT2D eigenvalue weighted by Crippen LogP contribution is 2.37. The Morgan fingerprint density at radius 2 is 1.76 bits per heavy atom. The molecule has 1 atom stereocenters. The van der Waals surface area contributed by atoms with Crippen molar-refractivity contribution in [3.05, 3.63) is 29.8 Å². The number of aromatic hydroxyl groups is 1. The lowest BCUT2D eigenvalue weighted by molar-refractivity contribution is -0.141. The second-order valence-corrected chi connectivity index (χ2v) is 8.49. The number of nitrogens with zero attached hydrogens (tertiary/aromatic N) is 3. The number of piperidine rings is 1. The van der Waals surface area contributed by atoms with Gasteiger partial charge in [0, 0.05) is 26.7 Å². The van der Waals surface area contributed by atoms with Gasteiger partial charge < -0.3 is 20.6 Å². The number of hydrogen-bond donors (Lipinski definition) is 2.